The van der Waals surface area contributed by atoms with Crippen molar-refractivity contribution >= 4 is 17.7 Å². The van der Waals surface area contributed by atoms with E-state index >= 15 is 0 Å². The van der Waals surface area contributed by atoms with Crippen LogP contribution in [0.3, 0.4) is 0 Å². The van der Waals surface area contributed by atoms with Gasteiger partial charge in [0.05, 0.1) is 5.69 Å². The highest BCUT2D eigenvalue weighted by Crippen LogP contribution is 2.25. The van der Waals surface area contributed by atoms with Gasteiger partial charge in [-0.1, -0.05) is 18.7 Å². The third-order valence-electron chi connectivity index (χ3n) is 2.78. The quantitative estimate of drug-likeness (QED) is 0.310. The second kappa shape index (κ2) is 7.04. The van der Waals surface area contributed by atoms with Gasteiger partial charge in [-0.2, -0.15) is 4.68 Å². The number of phenols is 1. The minimum absolute atomic E-state index is 0.157. The molecule has 0 aliphatic carbocycles. The summed E-state index contributed by atoms with van der Waals surface area (Å²) < 4.78 is 1.59. The van der Waals surface area contributed by atoms with E-state index < -0.39 is 0 Å². The molecule has 21 heavy (non-hydrogen) atoms. The van der Waals surface area contributed by atoms with Gasteiger partial charge in [0.1, 0.15) is 5.75 Å². The first-order valence-corrected chi connectivity index (χ1v) is 7.22. The molecule has 0 saturated carbocycles. The minimum Gasteiger partial charge on any atom is -0.508 e. The summed E-state index contributed by atoms with van der Waals surface area (Å²) in [6, 6.07) is 6.59. The Kier molecular flexibility index (Phi) is 5.12. The molecule has 9 heteroatoms. The van der Waals surface area contributed by atoms with Gasteiger partial charge in [0, 0.05) is 11.7 Å². The summed E-state index contributed by atoms with van der Waals surface area (Å²) in [5.41, 5.74) is 2.86. The van der Waals surface area contributed by atoms with Crippen molar-refractivity contribution in [2.75, 3.05) is 0 Å². The summed E-state index contributed by atoms with van der Waals surface area (Å²) in [6.45, 7) is 1.99. The van der Waals surface area contributed by atoms with Crippen LogP contribution in [0.25, 0.3) is 5.69 Å². The van der Waals surface area contributed by atoms with Gasteiger partial charge in [-0.25, -0.2) is 5.84 Å². The number of aromatic nitrogens is 4. The zero-order valence-corrected chi connectivity index (χ0v) is 12.2. The molecule has 0 bridgehead atoms. The van der Waals surface area contributed by atoms with Gasteiger partial charge < -0.3 is 5.11 Å². The molecular weight excluding hydrogens is 292 g/mol. The molecular formula is C12H16N6O2S. The van der Waals surface area contributed by atoms with Crippen molar-refractivity contribution in [2.24, 2.45) is 5.84 Å². The van der Waals surface area contributed by atoms with E-state index in [-0.39, 0.29) is 16.9 Å². The topological polar surface area (TPSA) is 119 Å². The van der Waals surface area contributed by atoms with Crippen LogP contribution in [0.2, 0.25) is 0 Å². The van der Waals surface area contributed by atoms with Crippen LogP contribution in [0.4, 0.5) is 0 Å². The fourth-order valence-electron chi connectivity index (χ4n) is 1.65. The smallest absolute Gasteiger partial charge is 0.233 e. The molecule has 1 heterocycles. The number of hydrogen-bond donors (Lipinski definition) is 3. The lowest BCUT2D eigenvalue weighted by Gasteiger charge is -2.10. The monoisotopic (exact) mass is 308 g/mol. The lowest BCUT2D eigenvalue weighted by atomic mass is 10.2. The number of tetrazole rings is 1. The van der Waals surface area contributed by atoms with Crippen molar-refractivity contribution < 1.29 is 9.90 Å². The molecule has 4 N–H and O–H groups in total. The molecule has 0 fully saturated rings. The molecule has 1 unspecified atom stereocenters. The molecule has 1 atom stereocenters. The molecule has 1 aromatic carbocycles. The molecule has 0 radical (unpaired) electrons. The van der Waals surface area contributed by atoms with Crippen LogP contribution in [-0.4, -0.2) is 36.5 Å². The maximum absolute atomic E-state index is 11.1. The molecule has 0 aliphatic rings. The highest BCUT2D eigenvalue weighted by Gasteiger charge is 2.14. The number of carbonyl (C=O) groups is 1. The van der Waals surface area contributed by atoms with Crippen molar-refractivity contribution in [3.8, 4) is 11.4 Å². The van der Waals surface area contributed by atoms with E-state index in [2.05, 4.69) is 21.0 Å². The zero-order chi connectivity index (χ0) is 15.2. The Morgan fingerprint density at radius 1 is 1.48 bits per heavy atom. The number of aromatic hydroxyl groups is 1. The van der Waals surface area contributed by atoms with E-state index in [0.717, 1.165) is 5.69 Å². The number of hydrazine groups is 1. The summed E-state index contributed by atoms with van der Waals surface area (Å²) in [6.07, 6.45) is 1.02. The van der Waals surface area contributed by atoms with Gasteiger partial charge in [0.15, 0.2) is 0 Å². The van der Waals surface area contributed by atoms with Gasteiger partial charge in [-0.3, -0.25) is 10.2 Å². The molecule has 0 saturated heterocycles. The number of nitrogens with two attached hydrogens (primary N) is 1. The lowest BCUT2D eigenvalue weighted by Crippen LogP contribution is -2.30. The van der Waals surface area contributed by atoms with Gasteiger partial charge in [-0.05, 0) is 41.1 Å². The highest BCUT2D eigenvalue weighted by atomic mass is 32.2. The van der Waals surface area contributed by atoms with Crippen molar-refractivity contribution in [3.63, 3.8) is 0 Å². The van der Waals surface area contributed by atoms with Crippen LogP contribution in [0.5, 0.6) is 5.75 Å². The average molecular weight is 308 g/mol. The normalized spacial score (nSPS) is 12.1. The Labute approximate surface area is 125 Å². The second-order valence-electron chi connectivity index (χ2n) is 4.42. The number of carbonyl (C=O) groups excluding carboxylic acids is 1. The largest absolute Gasteiger partial charge is 0.508 e. The average Bonchev–Trinajstić information content (AvgIpc) is 2.93. The molecule has 2 rings (SSSR count). The fraction of sp³-hybridized carbons (Fsp3) is 0.333. The number of hydrogen-bond acceptors (Lipinski definition) is 7. The van der Waals surface area contributed by atoms with E-state index in [1.807, 2.05) is 6.92 Å². The molecule has 8 nitrogen and oxygen atoms in total. The van der Waals surface area contributed by atoms with E-state index in [1.165, 1.54) is 11.8 Å². The highest BCUT2D eigenvalue weighted by molar-refractivity contribution is 7.99. The number of amides is 1. The van der Waals surface area contributed by atoms with E-state index in [0.29, 0.717) is 18.0 Å². The van der Waals surface area contributed by atoms with E-state index in [9.17, 15) is 9.90 Å². The van der Waals surface area contributed by atoms with Crippen LogP contribution < -0.4 is 11.3 Å². The zero-order valence-electron chi connectivity index (χ0n) is 11.4. The van der Waals surface area contributed by atoms with Gasteiger partial charge in [-0.15, -0.1) is 5.10 Å². The van der Waals surface area contributed by atoms with Gasteiger partial charge >= 0.3 is 0 Å². The van der Waals surface area contributed by atoms with Crippen LogP contribution in [-0.2, 0) is 4.79 Å². The van der Waals surface area contributed by atoms with Crippen molar-refractivity contribution in [1.82, 2.24) is 25.6 Å². The minimum atomic E-state index is -0.194. The van der Waals surface area contributed by atoms with E-state index in [4.69, 9.17) is 5.84 Å². The standard InChI is InChI=1S/C12H16N6O2S/c1-8(2-7-11(20)14-13)21-12-15-16-17-18(12)9-3-5-10(19)6-4-9/h3-6,8,19H,2,7,13H2,1H3,(H,14,20). The number of thioether (sulfide) groups is 1. The first-order chi connectivity index (χ1) is 10.1. The molecule has 1 amide bonds. The number of benzene rings is 1. The van der Waals surface area contributed by atoms with Crippen LogP contribution in [0.15, 0.2) is 29.4 Å². The van der Waals surface area contributed by atoms with Gasteiger partial charge in [0.2, 0.25) is 11.1 Å². The van der Waals surface area contributed by atoms with Crippen LogP contribution in [0.1, 0.15) is 19.8 Å². The molecule has 0 aliphatic heterocycles. The Bertz CT molecular complexity index is 600. The number of rotatable bonds is 6. The summed E-state index contributed by atoms with van der Waals surface area (Å²) in [5, 5.41) is 21.7. The maximum Gasteiger partial charge on any atom is 0.233 e. The maximum atomic E-state index is 11.1. The summed E-state index contributed by atoms with van der Waals surface area (Å²) in [7, 11) is 0. The van der Waals surface area contributed by atoms with Crippen molar-refractivity contribution in [3.05, 3.63) is 24.3 Å². The predicted octanol–water partition coefficient (Wildman–Crippen LogP) is 0.619. The van der Waals surface area contributed by atoms with Crippen molar-refractivity contribution in [2.45, 2.75) is 30.2 Å². The molecule has 0 spiro atoms. The number of nitrogens with zero attached hydrogens (tertiary/aromatic N) is 4. The first-order valence-electron chi connectivity index (χ1n) is 6.34. The van der Waals surface area contributed by atoms with Crippen molar-refractivity contribution in [1.29, 1.82) is 0 Å². The Balaban J connectivity index is 2.03. The fourth-order valence-corrected chi connectivity index (χ4v) is 2.57. The lowest BCUT2D eigenvalue weighted by molar-refractivity contribution is -0.121. The SMILES string of the molecule is CC(CCC(=O)NN)Sc1nnnn1-c1ccc(O)cc1. The van der Waals surface area contributed by atoms with Crippen LogP contribution in [0, 0.1) is 0 Å². The van der Waals surface area contributed by atoms with E-state index in [1.54, 1.807) is 28.9 Å². The Morgan fingerprint density at radius 2 is 2.19 bits per heavy atom. The molecule has 2 aromatic rings. The second-order valence-corrected chi connectivity index (χ2v) is 5.83. The number of nitrogens with one attached hydrogen (secondary N) is 1. The summed E-state index contributed by atoms with van der Waals surface area (Å²) in [5.74, 6) is 5.03. The van der Waals surface area contributed by atoms with Crippen LogP contribution >= 0.6 is 11.8 Å². The van der Waals surface area contributed by atoms with Gasteiger partial charge in [0.25, 0.3) is 0 Å². The first kappa shape index (κ1) is 15.3. The third-order valence-corrected chi connectivity index (χ3v) is 3.88. The number of phenolic OH excluding ortho intramolecular Hbond substituents is 1. The third kappa shape index (κ3) is 4.17. The Morgan fingerprint density at radius 3 is 2.86 bits per heavy atom. The molecule has 1 aromatic heterocycles. The molecule has 112 valence electrons. The summed E-state index contributed by atoms with van der Waals surface area (Å²) in [4.78, 5) is 11.1. The summed E-state index contributed by atoms with van der Waals surface area (Å²) >= 11 is 1.47. The Hall–Kier alpha value is -2.13. The predicted molar refractivity (Wildman–Crippen MR) is 77.7 cm³/mol.